The van der Waals surface area contributed by atoms with E-state index >= 15 is 0 Å². The molecule has 3 aromatic heterocycles. The summed E-state index contributed by atoms with van der Waals surface area (Å²) in [5.41, 5.74) is -6.53. The number of alkyl halides is 6. The zero-order valence-corrected chi connectivity index (χ0v) is 13.8. The second kappa shape index (κ2) is 6.23. The quantitative estimate of drug-likeness (QED) is 0.503. The number of halogens is 6. The van der Waals surface area contributed by atoms with Crippen LogP contribution in [0.15, 0.2) is 38.7 Å². The van der Waals surface area contributed by atoms with E-state index in [1.54, 1.807) is 0 Å². The molecule has 0 aliphatic carbocycles. The predicted octanol–water partition coefficient (Wildman–Crippen LogP) is 4.22. The first-order valence-electron chi connectivity index (χ1n) is 6.48. The summed E-state index contributed by atoms with van der Waals surface area (Å²) >= 11 is 3.90. The SMILES string of the molecule is O=S(c1cnc2oc(-c3ncc(C(F)(F)F)cc3S)nc2c1)C(F)(F)F. The van der Waals surface area contributed by atoms with Gasteiger partial charge >= 0.3 is 11.7 Å². The summed E-state index contributed by atoms with van der Waals surface area (Å²) < 4.78 is 92.0. The van der Waals surface area contributed by atoms with Crippen LogP contribution in [0.25, 0.3) is 22.8 Å². The van der Waals surface area contributed by atoms with Gasteiger partial charge in [0.25, 0.3) is 0 Å². The fourth-order valence-corrected chi connectivity index (χ4v) is 2.84. The molecular formula is C13H5F6N3O2S2. The number of aromatic nitrogens is 3. The van der Waals surface area contributed by atoms with Crippen molar-refractivity contribution >= 4 is 34.7 Å². The third-order valence-electron chi connectivity index (χ3n) is 3.04. The average molecular weight is 413 g/mol. The molecule has 0 aliphatic heterocycles. The van der Waals surface area contributed by atoms with Crippen LogP contribution in [0.3, 0.4) is 0 Å². The minimum Gasteiger partial charge on any atom is -0.416 e. The fourth-order valence-electron chi connectivity index (χ4n) is 1.91. The molecule has 0 aliphatic rings. The summed E-state index contributed by atoms with van der Waals surface area (Å²) in [5, 5.41) is 0. The maximum absolute atomic E-state index is 12.6. The lowest BCUT2D eigenvalue weighted by Crippen LogP contribution is -2.16. The Morgan fingerprint density at radius 2 is 1.73 bits per heavy atom. The molecule has 0 amide bonds. The van der Waals surface area contributed by atoms with Crippen molar-refractivity contribution in [3.8, 4) is 11.6 Å². The van der Waals surface area contributed by atoms with Crippen molar-refractivity contribution in [3.05, 3.63) is 30.1 Å². The summed E-state index contributed by atoms with van der Waals surface area (Å²) in [7, 11) is -3.31. The van der Waals surface area contributed by atoms with Crippen molar-refractivity contribution in [2.75, 3.05) is 0 Å². The molecule has 3 rings (SSSR count). The van der Waals surface area contributed by atoms with Crippen LogP contribution in [-0.4, -0.2) is 24.7 Å². The summed E-state index contributed by atoms with van der Waals surface area (Å²) in [5.74, 6) is -0.291. The number of pyridine rings is 2. The largest absolute Gasteiger partial charge is 0.475 e. The van der Waals surface area contributed by atoms with E-state index in [0.29, 0.717) is 18.5 Å². The van der Waals surface area contributed by atoms with E-state index in [2.05, 4.69) is 27.6 Å². The molecule has 0 saturated heterocycles. The zero-order valence-electron chi connectivity index (χ0n) is 12.1. The first-order valence-corrected chi connectivity index (χ1v) is 8.08. The van der Waals surface area contributed by atoms with E-state index in [1.807, 2.05) is 0 Å². The number of rotatable bonds is 2. The van der Waals surface area contributed by atoms with Crippen LogP contribution in [0.4, 0.5) is 26.3 Å². The Kier molecular flexibility index (Phi) is 4.46. The molecule has 0 saturated carbocycles. The molecule has 0 N–H and O–H groups in total. The van der Waals surface area contributed by atoms with E-state index in [0.717, 1.165) is 6.07 Å². The molecule has 138 valence electrons. The molecule has 3 heterocycles. The van der Waals surface area contributed by atoms with Crippen LogP contribution >= 0.6 is 12.6 Å². The fraction of sp³-hybridized carbons (Fsp3) is 0.154. The smallest absolute Gasteiger partial charge is 0.416 e. The molecule has 0 bridgehead atoms. The Morgan fingerprint density at radius 3 is 2.31 bits per heavy atom. The summed E-state index contributed by atoms with van der Waals surface area (Å²) in [6.07, 6.45) is -3.37. The molecule has 1 unspecified atom stereocenters. The zero-order chi connectivity index (χ0) is 19.3. The van der Waals surface area contributed by atoms with Crippen LogP contribution < -0.4 is 0 Å². The molecule has 5 nitrogen and oxygen atoms in total. The molecule has 0 fully saturated rings. The summed E-state index contributed by atoms with van der Waals surface area (Å²) in [4.78, 5) is 10.2. The van der Waals surface area contributed by atoms with Gasteiger partial charge in [-0.15, -0.1) is 12.6 Å². The second-order valence-corrected chi connectivity index (χ2v) is 6.77. The number of fused-ring (bicyclic) bond motifs is 1. The lowest BCUT2D eigenvalue weighted by Gasteiger charge is -2.07. The lowest BCUT2D eigenvalue weighted by atomic mass is 10.2. The number of hydrogen-bond acceptors (Lipinski definition) is 6. The Balaban J connectivity index is 2.04. The molecule has 0 radical (unpaired) electrons. The summed E-state index contributed by atoms with van der Waals surface area (Å²) in [6, 6.07) is 1.57. The first-order chi connectivity index (χ1) is 12.0. The van der Waals surface area contributed by atoms with Crippen molar-refractivity contribution in [3.63, 3.8) is 0 Å². The highest BCUT2D eigenvalue weighted by Gasteiger charge is 2.38. The van der Waals surface area contributed by atoms with Gasteiger partial charge in [-0.25, -0.2) is 19.2 Å². The number of hydrogen-bond donors (Lipinski definition) is 1. The van der Waals surface area contributed by atoms with Crippen molar-refractivity contribution in [1.29, 1.82) is 0 Å². The summed E-state index contributed by atoms with van der Waals surface area (Å²) in [6.45, 7) is 0. The molecular weight excluding hydrogens is 408 g/mol. The van der Waals surface area contributed by atoms with E-state index < -0.39 is 32.9 Å². The van der Waals surface area contributed by atoms with Gasteiger partial charge in [-0.2, -0.15) is 26.3 Å². The molecule has 13 heteroatoms. The Labute approximate surface area is 148 Å². The van der Waals surface area contributed by atoms with Crippen molar-refractivity contribution in [2.24, 2.45) is 0 Å². The minimum atomic E-state index is -4.98. The van der Waals surface area contributed by atoms with Crippen LogP contribution in [0.5, 0.6) is 0 Å². The molecule has 0 aromatic carbocycles. The third-order valence-corrected chi connectivity index (χ3v) is 4.46. The van der Waals surface area contributed by atoms with Gasteiger partial charge in [-0.05, 0) is 12.1 Å². The van der Waals surface area contributed by atoms with Gasteiger partial charge in [0.15, 0.2) is 10.8 Å². The minimum absolute atomic E-state index is 0.155. The van der Waals surface area contributed by atoms with Crippen LogP contribution in [0, 0.1) is 0 Å². The molecule has 26 heavy (non-hydrogen) atoms. The van der Waals surface area contributed by atoms with Gasteiger partial charge in [-0.1, -0.05) is 0 Å². The third kappa shape index (κ3) is 3.53. The maximum atomic E-state index is 12.6. The molecule has 0 spiro atoms. The number of thiol groups is 1. The standard InChI is InChI=1S/C13H5F6N3O2S2/c14-12(15,16)5-1-8(25)9(20-3-5)11-22-7-2-6(4-21-10(7)24-11)26(23)13(17,18)19/h1-4,25H. The Hall–Kier alpha value is -2.15. The topological polar surface area (TPSA) is 68.9 Å². The van der Waals surface area contributed by atoms with E-state index in [-0.39, 0.29) is 27.7 Å². The van der Waals surface area contributed by atoms with Crippen molar-refractivity contribution in [1.82, 2.24) is 15.0 Å². The van der Waals surface area contributed by atoms with Gasteiger partial charge < -0.3 is 4.42 Å². The predicted molar refractivity (Wildman–Crippen MR) is 79.8 cm³/mol. The Morgan fingerprint density at radius 1 is 1.04 bits per heavy atom. The Bertz CT molecular complexity index is 1020. The average Bonchev–Trinajstić information content (AvgIpc) is 2.94. The highest BCUT2D eigenvalue weighted by molar-refractivity contribution is 7.86. The van der Waals surface area contributed by atoms with Crippen LogP contribution in [0.2, 0.25) is 0 Å². The monoisotopic (exact) mass is 413 g/mol. The van der Waals surface area contributed by atoms with Gasteiger partial charge in [0, 0.05) is 17.3 Å². The highest BCUT2D eigenvalue weighted by Crippen LogP contribution is 2.34. The second-order valence-electron chi connectivity index (χ2n) is 4.82. The van der Waals surface area contributed by atoms with E-state index in [4.69, 9.17) is 4.42 Å². The van der Waals surface area contributed by atoms with Crippen molar-refractivity contribution in [2.45, 2.75) is 21.5 Å². The molecule has 3 aromatic rings. The van der Waals surface area contributed by atoms with Crippen molar-refractivity contribution < 1.29 is 35.0 Å². The molecule has 1 atom stereocenters. The normalized spacial score (nSPS) is 14.0. The lowest BCUT2D eigenvalue weighted by molar-refractivity contribution is -0.138. The maximum Gasteiger partial charge on any atom is 0.475 e. The number of nitrogens with zero attached hydrogens (tertiary/aromatic N) is 3. The first kappa shape index (κ1) is 18.6. The van der Waals surface area contributed by atoms with Gasteiger partial charge in [0.2, 0.25) is 11.6 Å². The number of oxazole rings is 1. The highest BCUT2D eigenvalue weighted by atomic mass is 32.2. The van der Waals surface area contributed by atoms with Gasteiger partial charge in [0.05, 0.1) is 10.5 Å². The van der Waals surface area contributed by atoms with Gasteiger partial charge in [-0.3, -0.25) is 0 Å². The van der Waals surface area contributed by atoms with E-state index in [1.165, 1.54) is 0 Å². The van der Waals surface area contributed by atoms with Gasteiger partial charge in [0.1, 0.15) is 11.2 Å². The van der Waals surface area contributed by atoms with Crippen LogP contribution in [0.1, 0.15) is 5.56 Å². The van der Waals surface area contributed by atoms with Crippen LogP contribution in [-0.2, 0) is 17.0 Å². The van der Waals surface area contributed by atoms with E-state index in [9.17, 15) is 30.6 Å².